The molecule has 0 aromatic rings. The fourth-order valence-corrected chi connectivity index (χ4v) is 3.05. The highest BCUT2D eigenvalue weighted by atomic mass is 16.5. The Morgan fingerprint density at radius 1 is 1.53 bits per heavy atom. The number of allylic oxidation sites excluding steroid dienone is 3. The van der Waals surface area contributed by atoms with E-state index in [9.17, 15) is 4.79 Å². The summed E-state index contributed by atoms with van der Waals surface area (Å²) in [5.74, 6) is 0.418. The third kappa shape index (κ3) is 4.85. The smallest absolute Gasteiger partial charge is 0.330 e. The molecule has 0 saturated heterocycles. The zero-order valence-electron chi connectivity index (χ0n) is 13.1. The van der Waals surface area contributed by atoms with Crippen molar-refractivity contribution in [3.05, 3.63) is 23.3 Å². The quantitative estimate of drug-likeness (QED) is 0.410. The summed E-state index contributed by atoms with van der Waals surface area (Å²) in [4.78, 5) is 11.4. The van der Waals surface area contributed by atoms with Gasteiger partial charge >= 0.3 is 5.97 Å². The zero-order chi connectivity index (χ0) is 14.5. The highest BCUT2D eigenvalue weighted by Crippen LogP contribution is 2.43. The van der Waals surface area contributed by atoms with Gasteiger partial charge in [-0.05, 0) is 57.8 Å². The van der Waals surface area contributed by atoms with Crippen molar-refractivity contribution in [1.82, 2.24) is 0 Å². The van der Waals surface area contributed by atoms with E-state index in [2.05, 4.69) is 26.8 Å². The van der Waals surface area contributed by atoms with E-state index < -0.39 is 0 Å². The van der Waals surface area contributed by atoms with Gasteiger partial charge in [0.2, 0.25) is 0 Å². The number of ether oxygens (including phenoxy) is 1. The summed E-state index contributed by atoms with van der Waals surface area (Å²) in [6.07, 6.45) is 8.57. The van der Waals surface area contributed by atoms with Crippen LogP contribution < -0.4 is 0 Å². The summed E-state index contributed by atoms with van der Waals surface area (Å²) in [7, 11) is 0. The minimum Gasteiger partial charge on any atom is -0.463 e. The van der Waals surface area contributed by atoms with Crippen molar-refractivity contribution in [2.75, 3.05) is 6.61 Å². The minimum atomic E-state index is -0.213. The molecular weight excluding hydrogens is 236 g/mol. The summed E-state index contributed by atoms with van der Waals surface area (Å²) in [5.41, 5.74) is 3.01. The Kier molecular flexibility index (Phi) is 5.84. The van der Waals surface area contributed by atoms with Crippen molar-refractivity contribution in [2.24, 2.45) is 11.3 Å². The molecule has 1 unspecified atom stereocenters. The summed E-state index contributed by atoms with van der Waals surface area (Å²) < 4.78 is 4.94. The van der Waals surface area contributed by atoms with Gasteiger partial charge in [0.15, 0.2) is 0 Å². The maximum absolute atomic E-state index is 11.4. The molecule has 0 bridgehead atoms. The van der Waals surface area contributed by atoms with Gasteiger partial charge in [-0.15, -0.1) is 0 Å². The van der Waals surface area contributed by atoms with Crippen molar-refractivity contribution < 1.29 is 9.53 Å². The third-order valence-corrected chi connectivity index (χ3v) is 4.23. The molecule has 1 atom stereocenters. The van der Waals surface area contributed by atoms with Gasteiger partial charge in [-0.2, -0.15) is 0 Å². The van der Waals surface area contributed by atoms with Crippen molar-refractivity contribution in [3.63, 3.8) is 0 Å². The Hall–Kier alpha value is -1.05. The lowest BCUT2D eigenvalue weighted by molar-refractivity contribution is -0.137. The van der Waals surface area contributed by atoms with Gasteiger partial charge in [-0.1, -0.05) is 31.1 Å². The van der Waals surface area contributed by atoms with Gasteiger partial charge in [-0.25, -0.2) is 4.79 Å². The van der Waals surface area contributed by atoms with Gasteiger partial charge in [-0.3, -0.25) is 0 Å². The molecule has 0 fully saturated rings. The molecule has 2 heteroatoms. The van der Waals surface area contributed by atoms with Crippen LogP contribution in [0, 0.1) is 11.3 Å². The second kappa shape index (κ2) is 6.93. The normalized spacial score (nSPS) is 22.9. The predicted octanol–water partition coefficient (Wildman–Crippen LogP) is 4.66. The van der Waals surface area contributed by atoms with Crippen LogP contribution in [0.2, 0.25) is 0 Å². The van der Waals surface area contributed by atoms with Gasteiger partial charge in [0.05, 0.1) is 6.61 Å². The fourth-order valence-electron chi connectivity index (χ4n) is 3.05. The Bertz CT molecular complexity index is 375. The molecule has 0 N–H and O–H groups in total. The first-order valence-electron chi connectivity index (χ1n) is 7.37. The highest BCUT2D eigenvalue weighted by molar-refractivity contribution is 5.82. The van der Waals surface area contributed by atoms with E-state index in [1.807, 2.05) is 13.8 Å². The zero-order valence-corrected chi connectivity index (χ0v) is 13.1. The topological polar surface area (TPSA) is 26.3 Å². The molecule has 2 nitrogen and oxygen atoms in total. The average molecular weight is 264 g/mol. The number of rotatable bonds is 5. The summed E-state index contributed by atoms with van der Waals surface area (Å²) >= 11 is 0. The van der Waals surface area contributed by atoms with E-state index in [-0.39, 0.29) is 5.97 Å². The lowest BCUT2D eigenvalue weighted by Gasteiger charge is -2.38. The average Bonchev–Trinajstić information content (AvgIpc) is 2.27. The van der Waals surface area contributed by atoms with Crippen LogP contribution in [0.15, 0.2) is 23.3 Å². The Labute approximate surface area is 117 Å². The van der Waals surface area contributed by atoms with E-state index >= 15 is 0 Å². The molecule has 0 saturated carbocycles. The van der Waals surface area contributed by atoms with E-state index in [0.717, 1.165) is 18.4 Å². The third-order valence-electron chi connectivity index (χ3n) is 4.23. The summed E-state index contributed by atoms with van der Waals surface area (Å²) in [6.45, 7) is 11.3. The SMILES string of the molecule is CCOC(=O)/C=C(/C)CCC1C(C)=CCCC1(C)C. The molecule has 0 amide bonds. The molecule has 0 aromatic heterocycles. The molecule has 0 aliphatic heterocycles. The second-order valence-corrected chi connectivity index (χ2v) is 6.31. The largest absolute Gasteiger partial charge is 0.463 e. The van der Waals surface area contributed by atoms with Crippen LogP contribution in [-0.2, 0) is 9.53 Å². The van der Waals surface area contributed by atoms with Crippen LogP contribution >= 0.6 is 0 Å². The van der Waals surface area contributed by atoms with Crippen molar-refractivity contribution in [2.45, 2.75) is 60.3 Å². The van der Waals surface area contributed by atoms with E-state index in [4.69, 9.17) is 4.74 Å². The van der Waals surface area contributed by atoms with Crippen LogP contribution in [0.1, 0.15) is 60.3 Å². The number of carbonyl (C=O) groups is 1. The van der Waals surface area contributed by atoms with Crippen LogP contribution in [0.5, 0.6) is 0 Å². The second-order valence-electron chi connectivity index (χ2n) is 6.31. The van der Waals surface area contributed by atoms with Crippen LogP contribution in [0.3, 0.4) is 0 Å². The van der Waals surface area contributed by atoms with Crippen molar-refractivity contribution in [1.29, 1.82) is 0 Å². The molecular formula is C17H28O2. The molecule has 108 valence electrons. The first kappa shape index (κ1) is 16.0. The first-order valence-corrected chi connectivity index (χ1v) is 7.37. The molecule has 0 radical (unpaired) electrons. The van der Waals surface area contributed by atoms with E-state index in [1.54, 1.807) is 6.08 Å². The van der Waals surface area contributed by atoms with Crippen LogP contribution in [0.25, 0.3) is 0 Å². The number of hydrogen-bond acceptors (Lipinski definition) is 2. The minimum absolute atomic E-state index is 0.213. The van der Waals surface area contributed by atoms with Gasteiger partial charge in [0.1, 0.15) is 0 Å². The van der Waals surface area contributed by atoms with E-state index in [1.165, 1.54) is 18.4 Å². The maximum Gasteiger partial charge on any atom is 0.330 e. The first-order chi connectivity index (χ1) is 8.86. The fraction of sp³-hybridized carbons (Fsp3) is 0.706. The van der Waals surface area contributed by atoms with Crippen molar-refractivity contribution >= 4 is 5.97 Å². The Morgan fingerprint density at radius 2 is 2.21 bits per heavy atom. The Morgan fingerprint density at radius 3 is 2.79 bits per heavy atom. The lowest BCUT2D eigenvalue weighted by atomic mass is 9.67. The summed E-state index contributed by atoms with van der Waals surface area (Å²) in [5, 5.41) is 0. The van der Waals surface area contributed by atoms with Gasteiger partial charge < -0.3 is 4.74 Å². The Balaban J connectivity index is 2.58. The molecule has 19 heavy (non-hydrogen) atoms. The predicted molar refractivity (Wildman–Crippen MR) is 79.9 cm³/mol. The van der Waals surface area contributed by atoms with Crippen LogP contribution in [0.4, 0.5) is 0 Å². The molecule has 1 aliphatic rings. The standard InChI is InChI=1S/C17H28O2/c1-6-19-16(18)12-13(2)9-10-15-14(3)8-7-11-17(15,4)5/h8,12,15H,6-7,9-11H2,1-5H3/b13-12-. The number of carbonyl (C=O) groups excluding carboxylic acids is 1. The number of esters is 1. The molecule has 0 aromatic carbocycles. The van der Waals surface area contributed by atoms with Crippen molar-refractivity contribution in [3.8, 4) is 0 Å². The van der Waals surface area contributed by atoms with Gasteiger partial charge in [0.25, 0.3) is 0 Å². The van der Waals surface area contributed by atoms with E-state index in [0.29, 0.717) is 17.9 Å². The molecule has 1 aliphatic carbocycles. The maximum atomic E-state index is 11.4. The molecule has 1 rings (SSSR count). The summed E-state index contributed by atoms with van der Waals surface area (Å²) in [6, 6.07) is 0. The lowest BCUT2D eigenvalue weighted by Crippen LogP contribution is -2.27. The number of hydrogen-bond donors (Lipinski definition) is 0. The van der Waals surface area contributed by atoms with Crippen LogP contribution in [-0.4, -0.2) is 12.6 Å². The molecule has 0 spiro atoms. The molecule has 0 heterocycles. The highest BCUT2D eigenvalue weighted by Gasteiger charge is 2.32. The van der Waals surface area contributed by atoms with Gasteiger partial charge in [0, 0.05) is 6.08 Å². The monoisotopic (exact) mass is 264 g/mol.